The van der Waals surface area contributed by atoms with E-state index in [0.29, 0.717) is 19.3 Å². The number of esters is 2. The number of aliphatic hydroxyl groups excluding tert-OH is 2. The molecule has 0 radical (unpaired) electrons. The summed E-state index contributed by atoms with van der Waals surface area (Å²) in [6.45, 7) is 5.83. The highest BCUT2D eigenvalue weighted by Crippen LogP contribution is 2.36. The largest absolute Gasteiger partial charge is 0.469 e. The third-order valence-corrected chi connectivity index (χ3v) is 11.1. The van der Waals surface area contributed by atoms with Crippen LogP contribution in [-0.4, -0.2) is 63.5 Å². The van der Waals surface area contributed by atoms with E-state index in [-0.39, 0.29) is 25.9 Å². The van der Waals surface area contributed by atoms with Crippen molar-refractivity contribution in [3.63, 3.8) is 0 Å². The first kappa shape index (κ1) is 56.9. The number of allylic oxidation sites excluding steroid dienone is 5. The SMILES string of the molecule is CCCCC/C=C\C[C@H](O)/C=C/C=C/C=C\[C@H](O)CCCC(=O)O[C@H](COC(=O)CCCCCCCCCCCCCCCCCCCCC(C)CC)COP(=O)(O)O. The molecule has 0 aliphatic heterocycles. The molecule has 0 saturated heterocycles. The molecule has 4 N–H and O–H groups in total. The van der Waals surface area contributed by atoms with Crippen molar-refractivity contribution in [2.24, 2.45) is 5.92 Å². The zero-order valence-corrected chi connectivity index (χ0v) is 38.4. The van der Waals surface area contributed by atoms with Crippen LogP contribution in [0.1, 0.15) is 207 Å². The van der Waals surface area contributed by atoms with Gasteiger partial charge in [-0.05, 0) is 44.4 Å². The summed E-state index contributed by atoms with van der Waals surface area (Å²) in [4.78, 5) is 43.0. The summed E-state index contributed by atoms with van der Waals surface area (Å²) in [6, 6.07) is 0. The number of carbonyl (C=O) groups excluding carboxylic acids is 2. The van der Waals surface area contributed by atoms with Gasteiger partial charge in [0.15, 0.2) is 6.10 Å². The average Bonchev–Trinajstić information content (AvgIpc) is 3.20. The Morgan fingerprint density at radius 2 is 1.08 bits per heavy atom. The lowest BCUT2D eigenvalue weighted by Crippen LogP contribution is -2.29. The van der Waals surface area contributed by atoms with E-state index < -0.39 is 44.7 Å². The minimum Gasteiger partial charge on any atom is -0.462 e. The fraction of sp³-hybridized carbons (Fsp3) is 0.792. The molecule has 59 heavy (non-hydrogen) atoms. The highest BCUT2D eigenvalue weighted by Gasteiger charge is 2.23. The van der Waals surface area contributed by atoms with Gasteiger partial charge in [-0.2, -0.15) is 0 Å². The number of aliphatic hydroxyl groups is 2. The standard InChI is InChI=1S/C48H87O10P/c1-4-6-7-8-24-29-35-44(49)36-30-26-27-31-37-45(50)38-33-40-48(52)58-46(42-57-59(53,54)55)41-56-47(51)39-32-25-22-20-18-16-14-12-10-9-11-13-15-17-19-21-23-28-34-43(3)5-2/h24,26-27,29-31,36-37,43-46,49-50H,4-23,25,28,32-35,38-42H2,1-3H3,(H2,53,54,55)/b27-26+,29-24-,36-30+,37-31-/t43?,44-,45-,46+/m0/s1. The van der Waals surface area contributed by atoms with E-state index in [9.17, 15) is 24.4 Å². The van der Waals surface area contributed by atoms with Crippen molar-refractivity contribution in [1.29, 1.82) is 0 Å². The van der Waals surface area contributed by atoms with E-state index in [1.54, 1.807) is 36.5 Å². The number of carbonyl (C=O) groups is 2. The maximum absolute atomic E-state index is 12.4. The Bertz CT molecular complexity index is 1150. The number of phosphoric ester groups is 1. The van der Waals surface area contributed by atoms with E-state index in [1.807, 2.05) is 6.08 Å². The Kier molecular flexibility index (Phi) is 39.8. The molecule has 0 aromatic carbocycles. The molecule has 0 amide bonds. The van der Waals surface area contributed by atoms with Gasteiger partial charge in [-0.1, -0.05) is 204 Å². The Labute approximate surface area is 360 Å². The van der Waals surface area contributed by atoms with Crippen LogP contribution in [0.15, 0.2) is 48.6 Å². The fourth-order valence-electron chi connectivity index (χ4n) is 6.60. The van der Waals surface area contributed by atoms with Gasteiger partial charge in [-0.15, -0.1) is 0 Å². The molecule has 4 atom stereocenters. The molecular formula is C48H87O10P. The smallest absolute Gasteiger partial charge is 0.462 e. The first-order valence-electron chi connectivity index (χ1n) is 23.5. The van der Waals surface area contributed by atoms with Crippen LogP contribution in [0.3, 0.4) is 0 Å². The van der Waals surface area contributed by atoms with Gasteiger partial charge in [0.1, 0.15) is 6.61 Å². The van der Waals surface area contributed by atoms with Gasteiger partial charge >= 0.3 is 19.8 Å². The van der Waals surface area contributed by atoms with Crippen molar-refractivity contribution in [2.45, 2.75) is 225 Å². The van der Waals surface area contributed by atoms with E-state index >= 15 is 0 Å². The zero-order chi connectivity index (χ0) is 43.7. The summed E-state index contributed by atoms with van der Waals surface area (Å²) in [6.07, 6.45) is 43.2. The maximum Gasteiger partial charge on any atom is 0.469 e. The minimum atomic E-state index is -4.83. The molecule has 0 rings (SSSR count). The van der Waals surface area contributed by atoms with Gasteiger partial charge in [-0.25, -0.2) is 4.57 Å². The molecule has 0 aliphatic carbocycles. The van der Waals surface area contributed by atoms with Crippen molar-refractivity contribution in [2.75, 3.05) is 13.2 Å². The number of ether oxygens (including phenoxy) is 2. The van der Waals surface area contributed by atoms with Gasteiger partial charge < -0.3 is 29.5 Å². The topological polar surface area (TPSA) is 160 Å². The van der Waals surface area contributed by atoms with Crippen LogP contribution in [0.25, 0.3) is 0 Å². The van der Waals surface area contributed by atoms with Crippen LogP contribution in [0.4, 0.5) is 0 Å². The van der Waals surface area contributed by atoms with Crippen molar-refractivity contribution >= 4 is 19.8 Å². The third kappa shape index (κ3) is 43.8. The normalized spacial score (nSPS) is 14.5. The number of hydrogen-bond donors (Lipinski definition) is 4. The quantitative estimate of drug-likeness (QED) is 0.0153. The zero-order valence-electron chi connectivity index (χ0n) is 37.5. The van der Waals surface area contributed by atoms with E-state index in [0.717, 1.165) is 31.6 Å². The van der Waals surface area contributed by atoms with Gasteiger partial charge in [-0.3, -0.25) is 14.1 Å². The third-order valence-electron chi connectivity index (χ3n) is 10.6. The van der Waals surface area contributed by atoms with E-state index in [2.05, 4.69) is 31.4 Å². The second-order valence-electron chi connectivity index (χ2n) is 16.4. The summed E-state index contributed by atoms with van der Waals surface area (Å²) in [5.74, 6) is -0.229. The highest BCUT2D eigenvalue weighted by atomic mass is 31.2. The number of rotatable bonds is 42. The molecule has 0 bridgehead atoms. The molecule has 11 heteroatoms. The van der Waals surface area contributed by atoms with Crippen molar-refractivity contribution in [3.8, 4) is 0 Å². The van der Waals surface area contributed by atoms with Gasteiger partial charge in [0.25, 0.3) is 0 Å². The predicted molar refractivity (Wildman–Crippen MR) is 242 cm³/mol. The van der Waals surface area contributed by atoms with Crippen LogP contribution in [0.2, 0.25) is 0 Å². The Morgan fingerprint density at radius 3 is 1.61 bits per heavy atom. The number of hydrogen-bond acceptors (Lipinski definition) is 8. The van der Waals surface area contributed by atoms with Crippen molar-refractivity contribution in [1.82, 2.24) is 0 Å². The maximum atomic E-state index is 12.4. The molecule has 0 aromatic heterocycles. The van der Waals surface area contributed by atoms with E-state index in [4.69, 9.17) is 19.3 Å². The molecule has 0 fully saturated rings. The minimum absolute atomic E-state index is 0.0478. The first-order chi connectivity index (χ1) is 28.5. The lowest BCUT2D eigenvalue weighted by atomic mass is 9.99. The Morgan fingerprint density at radius 1 is 0.576 bits per heavy atom. The Hall–Kier alpha value is -2.07. The summed E-state index contributed by atoms with van der Waals surface area (Å²) < 4.78 is 26.3. The lowest BCUT2D eigenvalue weighted by molar-refractivity contribution is -0.161. The summed E-state index contributed by atoms with van der Waals surface area (Å²) in [5.41, 5.74) is 0. The highest BCUT2D eigenvalue weighted by molar-refractivity contribution is 7.46. The second kappa shape index (κ2) is 41.3. The molecule has 0 heterocycles. The number of unbranched alkanes of at least 4 members (excludes halogenated alkanes) is 20. The average molecular weight is 855 g/mol. The van der Waals surface area contributed by atoms with Gasteiger partial charge in [0.2, 0.25) is 0 Å². The van der Waals surface area contributed by atoms with Crippen molar-refractivity contribution in [3.05, 3.63) is 48.6 Å². The molecule has 0 saturated carbocycles. The molecule has 10 nitrogen and oxygen atoms in total. The fourth-order valence-corrected chi connectivity index (χ4v) is 6.96. The molecule has 1 unspecified atom stereocenters. The number of phosphoric acid groups is 1. The van der Waals surface area contributed by atoms with Crippen LogP contribution >= 0.6 is 7.82 Å². The summed E-state index contributed by atoms with van der Waals surface area (Å²) >= 11 is 0. The molecular weight excluding hydrogens is 767 g/mol. The van der Waals surface area contributed by atoms with Crippen LogP contribution in [0.5, 0.6) is 0 Å². The first-order valence-corrected chi connectivity index (χ1v) is 25.1. The molecule has 344 valence electrons. The monoisotopic (exact) mass is 855 g/mol. The van der Waals surface area contributed by atoms with Gasteiger partial charge in [0, 0.05) is 12.8 Å². The van der Waals surface area contributed by atoms with E-state index in [1.165, 1.54) is 122 Å². The lowest BCUT2D eigenvalue weighted by Gasteiger charge is -2.18. The van der Waals surface area contributed by atoms with Crippen LogP contribution < -0.4 is 0 Å². The second-order valence-corrected chi connectivity index (χ2v) is 17.6. The van der Waals surface area contributed by atoms with Crippen molar-refractivity contribution < 1.29 is 48.2 Å². The molecule has 0 spiro atoms. The van der Waals surface area contributed by atoms with Crippen LogP contribution in [0, 0.1) is 5.92 Å². The Balaban J connectivity index is 4.05. The molecule has 0 aliphatic rings. The predicted octanol–water partition coefficient (Wildman–Crippen LogP) is 12.5. The van der Waals surface area contributed by atoms with Crippen LogP contribution in [-0.2, 0) is 28.2 Å². The summed E-state index contributed by atoms with van der Waals surface area (Å²) in [7, 11) is -4.83. The van der Waals surface area contributed by atoms with Gasteiger partial charge in [0.05, 0.1) is 18.8 Å². The summed E-state index contributed by atoms with van der Waals surface area (Å²) in [5, 5.41) is 20.2. The molecule has 0 aromatic rings.